The van der Waals surface area contributed by atoms with Gasteiger partial charge in [0.05, 0.1) is 52.3 Å². The summed E-state index contributed by atoms with van der Waals surface area (Å²) in [7, 11) is 0.372. The van der Waals surface area contributed by atoms with Crippen LogP contribution in [0.25, 0.3) is 0 Å². The Morgan fingerprint density at radius 3 is 2.37 bits per heavy atom. The number of ether oxygens (including phenoxy) is 4. The van der Waals surface area contributed by atoms with E-state index in [-0.39, 0.29) is 48.6 Å². The maximum Gasteiger partial charge on any atom is 0.305 e. The van der Waals surface area contributed by atoms with Crippen LogP contribution >= 0.6 is 0 Å². The summed E-state index contributed by atoms with van der Waals surface area (Å²) in [4.78, 5) is 42.5. The second-order valence-electron chi connectivity index (χ2n) is 17.1. The molecule has 2 fully saturated rings. The van der Waals surface area contributed by atoms with Crippen LogP contribution < -0.4 is 20.1 Å². The molecule has 17 nitrogen and oxygen atoms in total. The monoisotopic (exact) mass is 887 g/mol. The van der Waals surface area contributed by atoms with E-state index in [9.17, 15) is 35.1 Å². The number of rotatable bonds is 16. The molecule has 1 unspecified atom stereocenters. The largest absolute Gasteiger partial charge is 0.497 e. The number of hydrogen-bond acceptors (Lipinski definition) is 14. The molecule has 3 aliphatic heterocycles. The first-order valence-corrected chi connectivity index (χ1v) is 24.3. The average molecular weight is 888 g/mol. The van der Waals surface area contributed by atoms with Crippen molar-refractivity contribution in [2.45, 2.75) is 106 Å². The van der Waals surface area contributed by atoms with Crippen LogP contribution in [0.1, 0.15) is 55.3 Å². The molecule has 0 saturated carbocycles. The Morgan fingerprint density at radius 1 is 0.952 bits per heavy atom. The first-order valence-electron chi connectivity index (χ1n) is 21.3. The molecule has 2 amide bonds. The average Bonchev–Trinajstić information content (AvgIpc) is 3.95. The molecule has 7 rings (SSSR count). The van der Waals surface area contributed by atoms with E-state index in [4.69, 9.17) is 18.9 Å². The number of hydrogen-bond donors (Lipinski definition) is 6. The lowest BCUT2D eigenvalue weighted by molar-refractivity contribution is -0.274. The van der Waals surface area contributed by atoms with Gasteiger partial charge in [0.15, 0.2) is 18.0 Å². The van der Waals surface area contributed by atoms with Crippen LogP contribution in [0.2, 0.25) is 18.6 Å². The van der Waals surface area contributed by atoms with Crippen LogP contribution in [0, 0.1) is 5.92 Å². The number of anilines is 2. The van der Waals surface area contributed by atoms with Crippen LogP contribution in [-0.2, 0) is 40.7 Å². The van der Waals surface area contributed by atoms with E-state index >= 15 is 4.79 Å². The number of nitrogens with zero attached hydrogens (tertiary/aromatic N) is 4. The summed E-state index contributed by atoms with van der Waals surface area (Å²) in [5.41, 5.74) is 1.19. The molecule has 338 valence electrons. The number of aryl methyl sites for hydroxylation is 1. The Kier molecular flexibility index (Phi) is 13.8. The van der Waals surface area contributed by atoms with E-state index in [2.05, 4.69) is 40.9 Å². The molecular weight excluding hydrogens is 831 g/mol. The molecule has 63 heavy (non-hydrogen) atoms. The van der Waals surface area contributed by atoms with Crippen LogP contribution in [0.15, 0.2) is 79.0 Å². The van der Waals surface area contributed by atoms with E-state index in [0.717, 1.165) is 16.5 Å². The molecule has 6 N–H and O–H groups in total. The van der Waals surface area contributed by atoms with Crippen molar-refractivity contribution in [1.29, 1.82) is 0 Å². The van der Waals surface area contributed by atoms with Gasteiger partial charge in [-0.05, 0) is 60.7 Å². The van der Waals surface area contributed by atoms with E-state index in [1.165, 1.54) is 7.11 Å². The van der Waals surface area contributed by atoms with Gasteiger partial charge in [0.25, 0.3) is 11.8 Å². The highest BCUT2D eigenvalue weighted by Crippen LogP contribution is 2.60. The van der Waals surface area contributed by atoms with Crippen LogP contribution in [-0.4, -0.2) is 131 Å². The Bertz CT molecular complexity index is 2240. The molecule has 0 aliphatic carbocycles. The molecule has 1 aromatic heterocycles. The highest BCUT2D eigenvalue weighted by atomic mass is 28.3. The van der Waals surface area contributed by atoms with Crippen molar-refractivity contribution < 1.29 is 58.9 Å². The lowest BCUT2D eigenvalue weighted by atomic mass is 9.82. The van der Waals surface area contributed by atoms with Gasteiger partial charge < -0.3 is 54.7 Å². The summed E-state index contributed by atoms with van der Waals surface area (Å²) in [5, 5.41) is 64.1. The number of aliphatic hydroxyl groups is 5. The van der Waals surface area contributed by atoms with E-state index in [0.29, 0.717) is 42.8 Å². The predicted molar refractivity (Wildman–Crippen MR) is 232 cm³/mol. The maximum absolute atomic E-state index is 15.3. The van der Waals surface area contributed by atoms with Gasteiger partial charge in [-0.2, -0.15) is 0 Å². The minimum Gasteiger partial charge on any atom is -0.497 e. The third-order valence-electron chi connectivity index (χ3n) is 13.1. The molecule has 10 atom stereocenters. The fourth-order valence-corrected chi connectivity index (χ4v) is 13.8. The van der Waals surface area contributed by atoms with E-state index in [1.807, 2.05) is 55.6 Å². The van der Waals surface area contributed by atoms with E-state index in [1.54, 1.807) is 34.9 Å². The number of esters is 1. The molecule has 4 aromatic rings. The first-order chi connectivity index (χ1) is 30.2. The van der Waals surface area contributed by atoms with Gasteiger partial charge in [-0.25, -0.2) is 0 Å². The summed E-state index contributed by atoms with van der Waals surface area (Å²) in [5.74, 6) is -1.58. The second kappa shape index (κ2) is 19.0. The van der Waals surface area contributed by atoms with Crippen LogP contribution in [0.4, 0.5) is 11.4 Å². The van der Waals surface area contributed by atoms with Gasteiger partial charge in [-0.1, -0.05) is 72.9 Å². The third kappa shape index (κ3) is 8.78. The highest BCUT2D eigenvalue weighted by Gasteiger charge is 2.66. The van der Waals surface area contributed by atoms with Crippen molar-refractivity contribution in [3.63, 3.8) is 0 Å². The predicted octanol–water partition coefficient (Wildman–Crippen LogP) is 2.15. The number of aliphatic hydroxyl groups excluding tert-OH is 5. The summed E-state index contributed by atoms with van der Waals surface area (Å²) < 4.78 is 24.5. The lowest BCUT2D eigenvalue weighted by Crippen LogP contribution is -2.60. The van der Waals surface area contributed by atoms with Crippen molar-refractivity contribution in [3.8, 4) is 5.75 Å². The maximum atomic E-state index is 15.3. The number of nitrogens with one attached hydrogen (secondary N) is 1. The Hall–Kier alpha value is -5.05. The molecule has 18 heteroatoms. The highest BCUT2D eigenvalue weighted by molar-refractivity contribution is 6.91. The van der Waals surface area contributed by atoms with Crippen molar-refractivity contribution in [2.24, 2.45) is 5.92 Å². The van der Waals surface area contributed by atoms with Gasteiger partial charge >= 0.3 is 5.97 Å². The normalized spacial score (nSPS) is 27.3. The fourth-order valence-electron chi connectivity index (χ4n) is 9.71. The molecule has 0 bridgehead atoms. The first kappa shape index (κ1) is 46.0. The molecule has 4 heterocycles. The minimum atomic E-state index is -2.58. The number of amides is 2. The van der Waals surface area contributed by atoms with Gasteiger partial charge in [0.1, 0.15) is 24.1 Å². The Balaban J connectivity index is 1.25. The van der Waals surface area contributed by atoms with Gasteiger partial charge in [0.2, 0.25) is 0 Å². The van der Waals surface area contributed by atoms with Crippen molar-refractivity contribution in [1.82, 2.24) is 15.0 Å². The summed E-state index contributed by atoms with van der Waals surface area (Å²) >= 11 is 0. The quantitative estimate of drug-likeness (QED) is 0.0538. The van der Waals surface area contributed by atoms with Gasteiger partial charge in [0, 0.05) is 42.9 Å². The number of carbonyl (C=O) groups excluding carboxylic acids is 3. The zero-order valence-electron chi connectivity index (χ0n) is 36.0. The van der Waals surface area contributed by atoms with Crippen LogP contribution in [0.5, 0.6) is 5.75 Å². The Morgan fingerprint density at radius 2 is 1.68 bits per heavy atom. The van der Waals surface area contributed by atoms with Crippen molar-refractivity contribution >= 4 is 42.4 Å². The number of aromatic nitrogens is 3. The summed E-state index contributed by atoms with van der Waals surface area (Å²) in [6.07, 6.45) is -6.20. The zero-order chi connectivity index (χ0) is 45.2. The summed E-state index contributed by atoms with van der Waals surface area (Å²) in [6.45, 7) is 7.08. The molecule has 3 aliphatic rings. The number of carbonyl (C=O) groups is 3. The van der Waals surface area contributed by atoms with E-state index < -0.39 is 62.3 Å². The number of unbranched alkanes of at least 4 members (excludes halogenated alkanes) is 1. The number of benzene rings is 3. The fraction of sp³-hybridized carbons (Fsp3) is 0.489. The molecule has 2 saturated heterocycles. The topological polar surface area (TPSA) is 235 Å². The molecule has 0 radical (unpaired) electrons. The number of fused-ring (bicyclic) bond motifs is 2. The molecule has 3 aromatic carbocycles. The second-order valence-corrected chi connectivity index (χ2v) is 21.8. The summed E-state index contributed by atoms with van der Waals surface area (Å²) in [6, 6.07) is 22.6. The third-order valence-corrected chi connectivity index (χ3v) is 17.5. The SMILES string of the molecule is COC(=O)CCCCN1C(=O)[C@]2(O[C@H](CCn3cc(C(CO)c4ccccc4)nn3)[C@@H]([Si](C)(C)c3ccc(OC)cc3)[C@@H]2C)c2cc(NC(=O)[C@H]3O[C@@H](O)[C@H](O)[C@@H](O)[C@@H]3O)ccc21. The molecule has 1 spiro atoms. The van der Waals surface area contributed by atoms with Crippen molar-refractivity contribution in [2.75, 3.05) is 37.6 Å². The van der Waals surface area contributed by atoms with Gasteiger partial charge in [-0.3, -0.25) is 19.1 Å². The standard InChI is InChI=1S/C45H57N5O12Si/c1-26-41(63(4,5)30-17-15-29(59-2)16-18-30)35(20-22-49-24-33(47-48-49)31(25-51)27-11-7-6-8-12-27)62-45(26)32-23-28(46-42(56)40-38(54)37(53)39(55)43(57)61-40)14-19-34(32)50(44(45)58)21-10-9-13-36(52)60-3/h6-8,11-12,14-19,23-24,26,31,35,37-41,43,51,53-55,57H,9-10,13,20-22,25H2,1-5H3,(H,46,56)/t26-,31?,35+,37-,38-,39+,40-,41-,43+,45+/m0/s1. The number of methoxy groups -OCH3 is 2. The molecular formula is C45H57N5O12Si. The van der Waals surface area contributed by atoms with Crippen molar-refractivity contribution in [3.05, 3.63) is 95.8 Å². The smallest absolute Gasteiger partial charge is 0.305 e. The zero-order valence-corrected chi connectivity index (χ0v) is 37.0. The lowest BCUT2D eigenvalue weighted by Gasteiger charge is -2.37. The Labute approximate surface area is 366 Å². The minimum absolute atomic E-state index is 0.150. The van der Waals surface area contributed by atoms with Crippen LogP contribution in [0.3, 0.4) is 0 Å². The van der Waals surface area contributed by atoms with Gasteiger partial charge in [-0.15, -0.1) is 5.10 Å².